The molecule has 0 fully saturated rings. The van der Waals surface area contributed by atoms with Gasteiger partial charge in [-0.2, -0.15) is 0 Å². The van der Waals surface area contributed by atoms with E-state index in [0.717, 1.165) is 60.7 Å². The van der Waals surface area contributed by atoms with Gasteiger partial charge in [0.2, 0.25) is 0 Å². The van der Waals surface area contributed by atoms with Gasteiger partial charge in [0.15, 0.2) is 0 Å². The molecule has 0 spiro atoms. The van der Waals surface area contributed by atoms with E-state index in [-0.39, 0.29) is 25.7 Å². The fourth-order valence-corrected chi connectivity index (χ4v) is 7.65. The number of para-hydroxylation sites is 1. The molecule has 0 aliphatic carbocycles. The van der Waals surface area contributed by atoms with Crippen LogP contribution in [0.4, 0.5) is 0 Å². The minimum atomic E-state index is -2.35. The van der Waals surface area contributed by atoms with Gasteiger partial charge in [0.1, 0.15) is 11.2 Å². The summed E-state index contributed by atoms with van der Waals surface area (Å²) < 4.78 is 44.4. The minimum Gasteiger partial charge on any atom is -0.501 e. The number of benzene rings is 5. The first-order chi connectivity index (χ1) is 26.7. The zero-order valence-corrected chi connectivity index (χ0v) is 33.6. The average Bonchev–Trinajstić information content (AvgIpc) is 3.75. The van der Waals surface area contributed by atoms with Crippen molar-refractivity contribution in [3.63, 3.8) is 0 Å². The first-order valence-electron chi connectivity index (χ1n) is 19.4. The Kier molecular flexibility index (Phi) is 8.71. The molecule has 4 nitrogen and oxygen atoms in total. The van der Waals surface area contributed by atoms with Crippen molar-refractivity contribution in [2.24, 2.45) is 0 Å². The molecule has 9 rings (SSSR count). The van der Waals surface area contributed by atoms with Crippen molar-refractivity contribution < 1.29 is 34.4 Å². The number of aryl methyl sites for hydroxylation is 1. The van der Waals surface area contributed by atoms with E-state index in [0.29, 0.717) is 22.4 Å². The van der Waals surface area contributed by atoms with Gasteiger partial charge in [0.25, 0.3) is 0 Å². The molecular weight excluding hydrogens is 845 g/mol. The molecule has 0 aliphatic heterocycles. The van der Waals surface area contributed by atoms with Crippen molar-refractivity contribution in [2.75, 3.05) is 0 Å². The molecule has 53 heavy (non-hydrogen) atoms. The van der Waals surface area contributed by atoms with E-state index in [1.165, 1.54) is 11.4 Å². The fraction of sp³-hybridized carbons (Fsp3) is 0.149. The second-order valence-electron chi connectivity index (χ2n) is 14.3. The third-order valence-electron chi connectivity index (χ3n) is 9.46. The Balaban J connectivity index is 0.000000182. The van der Waals surface area contributed by atoms with Gasteiger partial charge in [0.05, 0.1) is 19.2 Å². The van der Waals surface area contributed by atoms with Crippen LogP contribution >= 0.6 is 0 Å². The number of aromatic nitrogens is 2. The van der Waals surface area contributed by atoms with E-state index >= 15 is 0 Å². The maximum atomic E-state index is 8.50. The van der Waals surface area contributed by atoms with Crippen LogP contribution in [-0.4, -0.2) is 18.0 Å². The van der Waals surface area contributed by atoms with Crippen LogP contribution in [0.1, 0.15) is 36.4 Å². The number of rotatable bonds is 5. The summed E-state index contributed by atoms with van der Waals surface area (Å²) in [6.07, 6.45) is 3.37. The number of hydrogen-bond donors (Lipinski definition) is 0. The van der Waals surface area contributed by atoms with E-state index in [2.05, 4.69) is 90.3 Å². The topological polar surface area (TPSA) is 52.1 Å². The molecule has 0 bridgehead atoms. The molecule has 6 heteroatoms. The van der Waals surface area contributed by atoms with Gasteiger partial charge in [-0.25, -0.2) is 0 Å². The van der Waals surface area contributed by atoms with Crippen LogP contribution in [0.2, 0.25) is 19.6 Å². The zero-order valence-electron chi connectivity index (χ0n) is 34.2. The van der Waals surface area contributed by atoms with Crippen molar-refractivity contribution in [3.8, 4) is 33.6 Å². The molecule has 0 unspecified atom stereocenters. The second-order valence-corrected chi connectivity index (χ2v) is 19.3. The van der Waals surface area contributed by atoms with Crippen LogP contribution in [0.25, 0.3) is 77.5 Å². The summed E-state index contributed by atoms with van der Waals surface area (Å²) in [5, 5.41) is 5.53. The molecule has 1 radical (unpaired) electrons. The summed E-state index contributed by atoms with van der Waals surface area (Å²) in [6.45, 7) is 8.00. The Morgan fingerprint density at radius 2 is 1.28 bits per heavy atom. The quantitative estimate of drug-likeness (QED) is 0.128. The number of nitrogens with zero attached hydrogens (tertiary/aromatic N) is 2. The monoisotopic (exact) mass is 889 g/mol. The molecule has 265 valence electrons. The molecule has 4 aromatic heterocycles. The normalized spacial score (nSPS) is 13.2. The fourth-order valence-electron chi connectivity index (χ4n) is 6.61. The van der Waals surface area contributed by atoms with E-state index < -0.39 is 20.8 Å². The third kappa shape index (κ3) is 7.03. The van der Waals surface area contributed by atoms with Gasteiger partial charge in [0, 0.05) is 48.8 Å². The standard InChI is InChI=1S/C27H22NO.C20H18NOSi.Ir/c1-17(2)24-15-25(28-16-18(24)3)23-11-7-10-22-21-13-12-20(14-26(21)29-27(22)23)19-8-5-4-6-9-19;1-23(2,3)14-11-12-18(21-13-14)17-9-6-8-16-15-7-4-5-10-19(15)22-20(16)17;/h4-10,12-17H,1-3H3;4-8,10-13H,1-3H3;/q2*-1;/i3D3,17D;;. The maximum absolute atomic E-state index is 8.50. The van der Waals surface area contributed by atoms with Gasteiger partial charge in [-0.15, -0.1) is 36.4 Å². The molecule has 4 heterocycles. The molecule has 0 amide bonds. The first kappa shape index (κ1) is 31.4. The minimum absolute atomic E-state index is 0. The molecule has 5 aromatic carbocycles. The van der Waals surface area contributed by atoms with Crippen LogP contribution in [-0.2, 0) is 20.1 Å². The van der Waals surface area contributed by atoms with Crippen molar-refractivity contribution in [1.82, 2.24) is 9.97 Å². The van der Waals surface area contributed by atoms with E-state index in [4.69, 9.17) is 14.3 Å². The SMILES string of the molecule is C[Si](C)(C)c1ccc(-c2[c-]ccc3c2oc2ccccc23)nc1.[2H]C([2H])([2H])c1cnc(-c2[c-]ccc3c2oc2cc(-c4ccccc4)ccc23)cc1C([2H])(C)C.[Ir]. The summed E-state index contributed by atoms with van der Waals surface area (Å²) in [5.74, 6) is -1.10. The Labute approximate surface area is 330 Å². The van der Waals surface area contributed by atoms with Gasteiger partial charge < -0.3 is 18.8 Å². The zero-order chi connectivity index (χ0) is 39.4. The van der Waals surface area contributed by atoms with Crippen LogP contribution in [0.15, 0.2) is 136 Å². The first-order valence-corrected chi connectivity index (χ1v) is 20.9. The molecule has 0 atom stereocenters. The smallest absolute Gasteiger partial charge is 0.121 e. The van der Waals surface area contributed by atoms with Crippen molar-refractivity contribution in [2.45, 2.75) is 46.2 Å². The third-order valence-corrected chi connectivity index (χ3v) is 11.5. The Hall–Kier alpha value is -5.13. The van der Waals surface area contributed by atoms with Crippen molar-refractivity contribution in [1.29, 1.82) is 0 Å². The Morgan fingerprint density at radius 3 is 1.94 bits per heavy atom. The Morgan fingerprint density at radius 1 is 0.642 bits per heavy atom. The van der Waals surface area contributed by atoms with Crippen molar-refractivity contribution >= 4 is 57.1 Å². The van der Waals surface area contributed by atoms with E-state index in [9.17, 15) is 0 Å². The molecule has 0 aliphatic rings. The Bertz CT molecular complexity index is 2870. The molecule has 0 N–H and O–H groups in total. The van der Waals surface area contributed by atoms with Crippen LogP contribution in [0.5, 0.6) is 0 Å². The summed E-state index contributed by atoms with van der Waals surface area (Å²) in [5.41, 5.74) is 8.87. The van der Waals surface area contributed by atoms with Gasteiger partial charge in [-0.05, 0) is 63.7 Å². The average molecular weight is 889 g/mol. The van der Waals surface area contributed by atoms with Gasteiger partial charge in [-0.3, -0.25) is 0 Å². The predicted molar refractivity (Wildman–Crippen MR) is 219 cm³/mol. The van der Waals surface area contributed by atoms with Gasteiger partial charge in [-0.1, -0.05) is 134 Å². The van der Waals surface area contributed by atoms with Crippen LogP contribution in [0, 0.1) is 19.0 Å². The maximum Gasteiger partial charge on any atom is 0.121 e. The number of hydrogen-bond acceptors (Lipinski definition) is 4. The van der Waals surface area contributed by atoms with Crippen molar-refractivity contribution in [3.05, 3.63) is 151 Å². The summed E-state index contributed by atoms with van der Waals surface area (Å²) >= 11 is 0. The van der Waals surface area contributed by atoms with Crippen LogP contribution in [0.3, 0.4) is 0 Å². The van der Waals surface area contributed by atoms with E-state index in [1.54, 1.807) is 19.9 Å². The molecule has 0 saturated heterocycles. The summed E-state index contributed by atoms with van der Waals surface area (Å²) in [7, 11) is -1.33. The summed E-state index contributed by atoms with van der Waals surface area (Å²) in [4.78, 5) is 9.12. The molecule has 0 saturated carbocycles. The molecule has 9 aromatic rings. The molecular formula is C47H40IrN2O2Si-2. The number of fused-ring (bicyclic) bond motifs is 6. The predicted octanol–water partition coefficient (Wildman–Crippen LogP) is 12.5. The summed E-state index contributed by atoms with van der Waals surface area (Å²) in [6, 6.07) is 44.7. The second kappa shape index (κ2) is 14.7. The van der Waals surface area contributed by atoms with Crippen LogP contribution < -0.4 is 5.19 Å². The number of furan rings is 2. The van der Waals surface area contributed by atoms with E-state index in [1.807, 2.05) is 66.9 Å². The number of pyridine rings is 2. The largest absolute Gasteiger partial charge is 0.501 e. The van der Waals surface area contributed by atoms with Gasteiger partial charge >= 0.3 is 0 Å².